The molecule has 73 heavy (non-hydrogen) atoms. The number of rotatable bonds is 53. The van der Waals surface area contributed by atoms with Crippen molar-refractivity contribution < 1.29 is 28.6 Å². The largest absolute Gasteiger partial charge is 0.462 e. The molecule has 6 nitrogen and oxygen atoms in total. The fourth-order valence-corrected chi connectivity index (χ4v) is 7.92. The van der Waals surface area contributed by atoms with Crippen LogP contribution in [0, 0.1) is 0 Å². The highest BCUT2D eigenvalue weighted by Crippen LogP contribution is 2.14. The van der Waals surface area contributed by atoms with E-state index in [9.17, 15) is 14.4 Å². The molecule has 6 heteroatoms. The Balaban J connectivity index is 4.47. The average Bonchev–Trinajstić information content (AvgIpc) is 3.39. The predicted octanol–water partition coefficient (Wildman–Crippen LogP) is 20.4. The minimum Gasteiger partial charge on any atom is -0.462 e. The number of carbonyl (C=O) groups excluding carboxylic acids is 3. The normalized spacial score (nSPS) is 13.0. The van der Waals surface area contributed by atoms with E-state index in [0.717, 1.165) is 148 Å². The first kappa shape index (κ1) is 68.8. The summed E-state index contributed by atoms with van der Waals surface area (Å²) < 4.78 is 16.9. The third-order valence-corrected chi connectivity index (χ3v) is 12.4. The summed E-state index contributed by atoms with van der Waals surface area (Å²) in [6.07, 6.45) is 83.2. The fraction of sp³-hybridized carbons (Fsp3) is 0.657. The second-order valence-corrected chi connectivity index (χ2v) is 19.5. The van der Waals surface area contributed by atoms with Gasteiger partial charge in [0.15, 0.2) is 6.10 Å². The molecule has 0 spiro atoms. The Morgan fingerprint density at radius 3 is 0.836 bits per heavy atom. The molecule has 1 unspecified atom stereocenters. The van der Waals surface area contributed by atoms with E-state index in [1.807, 2.05) is 0 Å². The summed E-state index contributed by atoms with van der Waals surface area (Å²) in [7, 11) is 0. The van der Waals surface area contributed by atoms with E-state index < -0.39 is 6.10 Å². The first-order chi connectivity index (χ1) is 36.0. The zero-order valence-corrected chi connectivity index (χ0v) is 47.4. The summed E-state index contributed by atoms with van der Waals surface area (Å²) in [5.74, 6) is -0.945. The van der Waals surface area contributed by atoms with Crippen molar-refractivity contribution in [2.24, 2.45) is 0 Å². The van der Waals surface area contributed by atoms with E-state index in [1.165, 1.54) is 77.0 Å². The molecule has 0 fully saturated rings. The topological polar surface area (TPSA) is 78.9 Å². The van der Waals surface area contributed by atoms with Crippen LogP contribution in [0.15, 0.2) is 122 Å². The second kappa shape index (κ2) is 60.4. The van der Waals surface area contributed by atoms with Crippen molar-refractivity contribution >= 4 is 17.9 Å². The van der Waals surface area contributed by atoms with Gasteiger partial charge in [-0.3, -0.25) is 14.4 Å². The molecule has 0 rings (SSSR count). The number of esters is 3. The van der Waals surface area contributed by atoms with Crippen molar-refractivity contribution in [3.8, 4) is 0 Å². The Hall–Kier alpha value is -4.19. The van der Waals surface area contributed by atoms with Crippen LogP contribution in [-0.2, 0) is 28.6 Å². The van der Waals surface area contributed by atoms with Gasteiger partial charge < -0.3 is 14.2 Å². The van der Waals surface area contributed by atoms with Gasteiger partial charge in [0.05, 0.1) is 0 Å². The molecule has 0 aromatic carbocycles. The van der Waals surface area contributed by atoms with Crippen LogP contribution in [0.3, 0.4) is 0 Å². The zero-order valence-electron chi connectivity index (χ0n) is 47.4. The monoisotopic (exact) mass is 1010 g/mol. The molecule has 1 atom stereocenters. The highest BCUT2D eigenvalue weighted by molar-refractivity contribution is 5.71. The van der Waals surface area contributed by atoms with Gasteiger partial charge in [0, 0.05) is 19.3 Å². The Labute approximate surface area is 450 Å². The van der Waals surface area contributed by atoms with Gasteiger partial charge in [0.2, 0.25) is 0 Å². The molecular formula is C67H110O6. The molecular weight excluding hydrogens is 901 g/mol. The van der Waals surface area contributed by atoms with Gasteiger partial charge in [0.25, 0.3) is 0 Å². The summed E-state index contributed by atoms with van der Waals surface area (Å²) in [4.78, 5) is 38.2. The van der Waals surface area contributed by atoms with Gasteiger partial charge in [-0.2, -0.15) is 0 Å². The van der Waals surface area contributed by atoms with Crippen LogP contribution in [0.5, 0.6) is 0 Å². The van der Waals surface area contributed by atoms with Gasteiger partial charge in [-0.1, -0.05) is 232 Å². The molecule has 0 saturated heterocycles. The maximum atomic E-state index is 12.9. The highest BCUT2D eigenvalue weighted by atomic mass is 16.6. The van der Waals surface area contributed by atoms with Crippen LogP contribution in [0.1, 0.15) is 265 Å². The molecule has 0 radical (unpaired) electrons. The second-order valence-electron chi connectivity index (χ2n) is 19.5. The number of hydrogen-bond acceptors (Lipinski definition) is 6. The summed E-state index contributed by atoms with van der Waals surface area (Å²) in [6, 6.07) is 0. The third kappa shape index (κ3) is 58.6. The molecule has 414 valence electrons. The van der Waals surface area contributed by atoms with Crippen LogP contribution in [0.4, 0.5) is 0 Å². The molecule has 0 heterocycles. The SMILES string of the molecule is CC/C=C\C/C=C\C/C=C\C/C=C\C/C=C\C/C=C\CCCCCCC(=O)OCC(COC(=O)CCCCCCC/C=C\C/C=C\CCCCC)OC(=O)CCCCCCCCC/C=C\C/C=C\CCCCC. The lowest BCUT2D eigenvalue weighted by molar-refractivity contribution is -0.167. The maximum Gasteiger partial charge on any atom is 0.306 e. The standard InChI is InChI=1S/C67H110O6/c1-4-7-10-13-16-19-22-25-28-30-31-32-33-34-35-37-39-42-45-48-51-54-57-60-66(69)72-63-64(62-71-65(68)59-56-53-50-47-44-41-38-27-24-21-18-15-12-9-6-3)73-67(70)61-58-55-52-49-46-43-40-36-29-26-23-20-17-14-11-8-5-2/h7,10,16-21,25-29,31-32,34-35,38-39,42,64H,4-6,8-9,11-15,22-24,30,33,36-37,40-41,43-63H2,1-3H3/b10-7-,19-16-,20-17-,21-18-,28-25-,29-26-,32-31-,35-34-,38-27-,42-39-. The molecule has 0 aromatic rings. The zero-order chi connectivity index (χ0) is 52.9. The van der Waals surface area contributed by atoms with E-state index in [1.54, 1.807) is 0 Å². The van der Waals surface area contributed by atoms with Crippen molar-refractivity contribution in [1.82, 2.24) is 0 Å². The Kier molecular flexibility index (Phi) is 56.9. The molecule has 0 aliphatic rings. The molecule has 0 aromatic heterocycles. The van der Waals surface area contributed by atoms with E-state index in [0.29, 0.717) is 19.3 Å². The lowest BCUT2D eigenvalue weighted by Crippen LogP contribution is -2.30. The van der Waals surface area contributed by atoms with Crippen LogP contribution in [0.2, 0.25) is 0 Å². The predicted molar refractivity (Wildman–Crippen MR) is 316 cm³/mol. The number of hydrogen-bond donors (Lipinski definition) is 0. The van der Waals surface area contributed by atoms with E-state index in [-0.39, 0.29) is 31.1 Å². The van der Waals surface area contributed by atoms with Crippen molar-refractivity contribution in [1.29, 1.82) is 0 Å². The Morgan fingerprint density at radius 1 is 0.288 bits per heavy atom. The van der Waals surface area contributed by atoms with Gasteiger partial charge in [0.1, 0.15) is 13.2 Å². The summed E-state index contributed by atoms with van der Waals surface area (Å²) in [5.41, 5.74) is 0. The molecule has 0 N–H and O–H groups in total. The van der Waals surface area contributed by atoms with E-state index in [2.05, 4.69) is 142 Å². The van der Waals surface area contributed by atoms with Gasteiger partial charge in [-0.05, 0) is 135 Å². The summed E-state index contributed by atoms with van der Waals surface area (Å²) >= 11 is 0. The Morgan fingerprint density at radius 2 is 0.534 bits per heavy atom. The van der Waals surface area contributed by atoms with Crippen molar-refractivity contribution in [2.45, 2.75) is 271 Å². The van der Waals surface area contributed by atoms with E-state index in [4.69, 9.17) is 14.2 Å². The van der Waals surface area contributed by atoms with Crippen molar-refractivity contribution in [3.05, 3.63) is 122 Å². The summed E-state index contributed by atoms with van der Waals surface area (Å²) in [5, 5.41) is 0. The smallest absolute Gasteiger partial charge is 0.306 e. The van der Waals surface area contributed by atoms with Gasteiger partial charge >= 0.3 is 17.9 Å². The van der Waals surface area contributed by atoms with E-state index >= 15 is 0 Å². The summed E-state index contributed by atoms with van der Waals surface area (Å²) in [6.45, 7) is 6.44. The van der Waals surface area contributed by atoms with Crippen LogP contribution >= 0.6 is 0 Å². The minimum absolute atomic E-state index is 0.0996. The van der Waals surface area contributed by atoms with Crippen LogP contribution in [-0.4, -0.2) is 37.2 Å². The van der Waals surface area contributed by atoms with Gasteiger partial charge in [-0.25, -0.2) is 0 Å². The van der Waals surface area contributed by atoms with Gasteiger partial charge in [-0.15, -0.1) is 0 Å². The Bertz CT molecular complexity index is 1540. The van der Waals surface area contributed by atoms with Crippen LogP contribution in [0.25, 0.3) is 0 Å². The lowest BCUT2D eigenvalue weighted by Gasteiger charge is -2.18. The number of allylic oxidation sites excluding steroid dienone is 20. The fourth-order valence-electron chi connectivity index (χ4n) is 7.92. The molecule has 0 amide bonds. The first-order valence-corrected chi connectivity index (χ1v) is 30.0. The van der Waals surface area contributed by atoms with Crippen LogP contribution < -0.4 is 0 Å². The number of ether oxygens (including phenoxy) is 3. The average molecular weight is 1010 g/mol. The minimum atomic E-state index is -0.803. The van der Waals surface area contributed by atoms with Crippen molar-refractivity contribution in [2.75, 3.05) is 13.2 Å². The highest BCUT2D eigenvalue weighted by Gasteiger charge is 2.19. The molecule has 0 saturated carbocycles. The third-order valence-electron chi connectivity index (χ3n) is 12.4. The number of unbranched alkanes of at least 4 members (excludes halogenated alkanes) is 22. The molecule has 0 aliphatic heterocycles. The quantitative estimate of drug-likeness (QED) is 0.0261. The number of carbonyl (C=O) groups is 3. The first-order valence-electron chi connectivity index (χ1n) is 30.0. The molecule has 0 bridgehead atoms. The maximum absolute atomic E-state index is 12.9. The molecule has 0 aliphatic carbocycles. The van der Waals surface area contributed by atoms with Crippen molar-refractivity contribution in [3.63, 3.8) is 0 Å². The lowest BCUT2D eigenvalue weighted by atomic mass is 10.1.